The van der Waals surface area contributed by atoms with Crippen molar-refractivity contribution in [2.45, 2.75) is 46.2 Å². The number of pyridine rings is 1. The smallest absolute Gasteiger partial charge is 0.251 e. The molecule has 2 atom stereocenters. The number of hydrogen-bond donors (Lipinski definition) is 2. The van der Waals surface area contributed by atoms with E-state index in [2.05, 4.69) is 24.1 Å². The first-order valence-electron chi connectivity index (χ1n) is 6.52. The Kier molecular flexibility index (Phi) is 5.78. The van der Waals surface area contributed by atoms with Gasteiger partial charge in [-0.05, 0) is 31.4 Å². The monoisotopic (exact) mass is 249 g/mol. The van der Waals surface area contributed by atoms with Crippen molar-refractivity contribution in [2.24, 2.45) is 11.7 Å². The van der Waals surface area contributed by atoms with Crippen LogP contribution >= 0.6 is 0 Å². The molecule has 18 heavy (non-hydrogen) atoms. The Labute approximate surface area is 109 Å². The average molecular weight is 249 g/mol. The highest BCUT2D eigenvalue weighted by Gasteiger charge is 2.12. The molecule has 0 aliphatic rings. The van der Waals surface area contributed by atoms with E-state index in [1.807, 2.05) is 6.92 Å². The van der Waals surface area contributed by atoms with Gasteiger partial charge in [0.05, 0.1) is 5.69 Å². The van der Waals surface area contributed by atoms with Crippen LogP contribution in [0.2, 0.25) is 0 Å². The van der Waals surface area contributed by atoms with E-state index in [9.17, 15) is 4.79 Å². The second-order valence-corrected chi connectivity index (χ2v) is 4.86. The van der Waals surface area contributed by atoms with Crippen molar-refractivity contribution in [3.8, 4) is 0 Å². The standard InChI is InChI=1S/C14H23N3O/c1-4-10(2)7-11(3)17-14(18)12-5-6-16-13(8-12)9-15/h5-6,8,10-11H,4,7,9,15H2,1-3H3,(H,17,18). The molecule has 1 amide bonds. The third-order valence-electron chi connectivity index (χ3n) is 3.12. The number of nitrogens with two attached hydrogens (primary N) is 1. The van der Waals surface area contributed by atoms with E-state index in [4.69, 9.17) is 5.73 Å². The maximum absolute atomic E-state index is 12.0. The number of rotatable bonds is 6. The minimum Gasteiger partial charge on any atom is -0.350 e. The van der Waals surface area contributed by atoms with Crippen molar-refractivity contribution in [1.29, 1.82) is 0 Å². The molecule has 0 spiro atoms. The quantitative estimate of drug-likeness (QED) is 0.811. The van der Waals surface area contributed by atoms with Crippen molar-refractivity contribution in [3.63, 3.8) is 0 Å². The van der Waals surface area contributed by atoms with Crippen molar-refractivity contribution in [2.75, 3.05) is 0 Å². The minimum absolute atomic E-state index is 0.0529. The van der Waals surface area contributed by atoms with E-state index < -0.39 is 0 Å². The number of nitrogens with one attached hydrogen (secondary N) is 1. The third kappa shape index (κ3) is 4.45. The lowest BCUT2D eigenvalue weighted by atomic mass is 10.0. The zero-order valence-electron chi connectivity index (χ0n) is 11.4. The fourth-order valence-electron chi connectivity index (χ4n) is 1.87. The normalized spacial score (nSPS) is 14.0. The van der Waals surface area contributed by atoms with Crippen LogP contribution in [0.3, 0.4) is 0 Å². The molecule has 0 radical (unpaired) electrons. The molecular formula is C14H23N3O. The van der Waals surface area contributed by atoms with Gasteiger partial charge < -0.3 is 11.1 Å². The second-order valence-electron chi connectivity index (χ2n) is 4.86. The Morgan fingerprint density at radius 1 is 1.50 bits per heavy atom. The molecule has 0 aliphatic heterocycles. The topological polar surface area (TPSA) is 68.0 Å². The zero-order valence-corrected chi connectivity index (χ0v) is 11.4. The molecule has 0 fully saturated rings. The van der Waals surface area contributed by atoms with Gasteiger partial charge in [-0.25, -0.2) is 0 Å². The zero-order chi connectivity index (χ0) is 13.5. The first-order valence-corrected chi connectivity index (χ1v) is 6.52. The summed E-state index contributed by atoms with van der Waals surface area (Å²) in [5.41, 5.74) is 6.87. The van der Waals surface area contributed by atoms with Gasteiger partial charge in [0.2, 0.25) is 0 Å². The summed E-state index contributed by atoms with van der Waals surface area (Å²) < 4.78 is 0. The van der Waals surface area contributed by atoms with Gasteiger partial charge in [0.1, 0.15) is 0 Å². The summed E-state index contributed by atoms with van der Waals surface area (Å²) in [4.78, 5) is 16.1. The third-order valence-corrected chi connectivity index (χ3v) is 3.12. The molecule has 4 heteroatoms. The van der Waals surface area contributed by atoms with Crippen LogP contribution in [0.25, 0.3) is 0 Å². The molecule has 0 aromatic carbocycles. The fourth-order valence-corrected chi connectivity index (χ4v) is 1.87. The van der Waals surface area contributed by atoms with Crippen LogP contribution < -0.4 is 11.1 Å². The maximum atomic E-state index is 12.0. The number of nitrogens with zero attached hydrogens (tertiary/aromatic N) is 1. The molecule has 0 saturated heterocycles. The van der Waals surface area contributed by atoms with Crippen LogP contribution in [0.1, 0.15) is 49.7 Å². The van der Waals surface area contributed by atoms with Gasteiger partial charge in [-0.3, -0.25) is 9.78 Å². The molecule has 1 aromatic heterocycles. The van der Waals surface area contributed by atoms with Crippen LogP contribution in [0, 0.1) is 5.92 Å². The highest BCUT2D eigenvalue weighted by atomic mass is 16.1. The van der Waals surface area contributed by atoms with E-state index in [1.54, 1.807) is 18.3 Å². The lowest BCUT2D eigenvalue weighted by Crippen LogP contribution is -2.33. The van der Waals surface area contributed by atoms with Crippen LogP contribution in [-0.4, -0.2) is 16.9 Å². The molecule has 0 aliphatic carbocycles. The predicted molar refractivity (Wildman–Crippen MR) is 73.1 cm³/mol. The van der Waals surface area contributed by atoms with E-state index in [0.29, 0.717) is 18.0 Å². The number of hydrogen-bond acceptors (Lipinski definition) is 3. The second kappa shape index (κ2) is 7.11. The summed E-state index contributed by atoms with van der Waals surface area (Å²) >= 11 is 0. The Bertz CT molecular complexity index is 392. The molecule has 2 unspecified atom stereocenters. The van der Waals surface area contributed by atoms with E-state index in [0.717, 1.165) is 18.5 Å². The van der Waals surface area contributed by atoms with Gasteiger partial charge >= 0.3 is 0 Å². The van der Waals surface area contributed by atoms with Crippen molar-refractivity contribution in [3.05, 3.63) is 29.6 Å². The Morgan fingerprint density at radius 3 is 2.83 bits per heavy atom. The van der Waals surface area contributed by atoms with E-state index >= 15 is 0 Å². The lowest BCUT2D eigenvalue weighted by Gasteiger charge is -2.17. The van der Waals surface area contributed by atoms with Gasteiger partial charge in [0.15, 0.2) is 0 Å². The summed E-state index contributed by atoms with van der Waals surface area (Å²) in [6.07, 6.45) is 3.75. The van der Waals surface area contributed by atoms with Gasteiger partial charge in [-0.15, -0.1) is 0 Å². The summed E-state index contributed by atoms with van der Waals surface area (Å²) in [7, 11) is 0. The van der Waals surface area contributed by atoms with Crippen LogP contribution in [0.5, 0.6) is 0 Å². The van der Waals surface area contributed by atoms with Gasteiger partial charge in [-0.1, -0.05) is 20.3 Å². The predicted octanol–water partition coefficient (Wildman–Crippen LogP) is 2.09. The SMILES string of the molecule is CCC(C)CC(C)NC(=O)c1ccnc(CN)c1. The number of amides is 1. The number of carbonyl (C=O) groups is 1. The Hall–Kier alpha value is -1.42. The molecule has 100 valence electrons. The van der Waals surface area contributed by atoms with Gasteiger partial charge in [0, 0.05) is 24.3 Å². The van der Waals surface area contributed by atoms with Crippen molar-refractivity contribution >= 4 is 5.91 Å². The summed E-state index contributed by atoms with van der Waals surface area (Å²) in [5.74, 6) is 0.570. The first kappa shape index (κ1) is 14.6. The van der Waals surface area contributed by atoms with Crippen LogP contribution in [0.15, 0.2) is 18.3 Å². The van der Waals surface area contributed by atoms with Gasteiger partial charge in [0.25, 0.3) is 5.91 Å². The Morgan fingerprint density at radius 2 is 2.22 bits per heavy atom. The van der Waals surface area contributed by atoms with E-state index in [1.165, 1.54) is 0 Å². The van der Waals surface area contributed by atoms with Crippen LogP contribution in [-0.2, 0) is 6.54 Å². The molecule has 0 bridgehead atoms. The summed E-state index contributed by atoms with van der Waals surface area (Å²) in [6, 6.07) is 3.64. The highest BCUT2D eigenvalue weighted by molar-refractivity contribution is 5.94. The maximum Gasteiger partial charge on any atom is 0.251 e. The molecule has 1 heterocycles. The lowest BCUT2D eigenvalue weighted by molar-refractivity contribution is 0.0935. The molecule has 0 saturated carbocycles. The summed E-state index contributed by atoms with van der Waals surface area (Å²) in [6.45, 7) is 6.75. The molecule has 3 N–H and O–H groups in total. The molecular weight excluding hydrogens is 226 g/mol. The average Bonchev–Trinajstić information content (AvgIpc) is 2.38. The highest BCUT2D eigenvalue weighted by Crippen LogP contribution is 2.10. The van der Waals surface area contributed by atoms with E-state index in [-0.39, 0.29) is 11.9 Å². The minimum atomic E-state index is -0.0529. The first-order chi connectivity index (χ1) is 8.56. The fraction of sp³-hybridized carbons (Fsp3) is 0.571. The van der Waals surface area contributed by atoms with Crippen LogP contribution in [0.4, 0.5) is 0 Å². The van der Waals surface area contributed by atoms with Crippen molar-refractivity contribution < 1.29 is 4.79 Å². The molecule has 4 nitrogen and oxygen atoms in total. The largest absolute Gasteiger partial charge is 0.350 e. The summed E-state index contributed by atoms with van der Waals surface area (Å²) in [5, 5.41) is 3.01. The number of aromatic nitrogens is 1. The number of carbonyl (C=O) groups excluding carboxylic acids is 1. The molecule has 1 aromatic rings. The Balaban J connectivity index is 2.58. The van der Waals surface area contributed by atoms with Gasteiger partial charge in [-0.2, -0.15) is 0 Å². The van der Waals surface area contributed by atoms with Crippen molar-refractivity contribution in [1.82, 2.24) is 10.3 Å². The molecule has 1 rings (SSSR count).